The van der Waals surface area contributed by atoms with Crippen LogP contribution in [0, 0.1) is 0 Å². The van der Waals surface area contributed by atoms with Crippen LogP contribution in [-0.4, -0.2) is 37.2 Å². The van der Waals surface area contributed by atoms with E-state index in [1.54, 1.807) is 0 Å². The van der Waals surface area contributed by atoms with E-state index in [9.17, 15) is 14.4 Å². The topological polar surface area (TPSA) is 78.9 Å². The van der Waals surface area contributed by atoms with Gasteiger partial charge in [0, 0.05) is 19.3 Å². The van der Waals surface area contributed by atoms with Crippen LogP contribution in [-0.2, 0) is 28.6 Å². The molecule has 6 nitrogen and oxygen atoms in total. The van der Waals surface area contributed by atoms with E-state index in [1.807, 2.05) is 0 Å². The molecule has 0 bridgehead atoms. The van der Waals surface area contributed by atoms with E-state index in [4.69, 9.17) is 14.2 Å². The van der Waals surface area contributed by atoms with Crippen molar-refractivity contribution in [1.29, 1.82) is 0 Å². The van der Waals surface area contributed by atoms with Gasteiger partial charge in [-0.25, -0.2) is 0 Å². The lowest BCUT2D eigenvalue weighted by molar-refractivity contribution is -0.167. The number of esters is 3. The molecule has 446 valence electrons. The van der Waals surface area contributed by atoms with E-state index < -0.39 is 6.10 Å². The van der Waals surface area contributed by atoms with Crippen molar-refractivity contribution in [2.75, 3.05) is 13.2 Å². The van der Waals surface area contributed by atoms with Gasteiger partial charge < -0.3 is 14.2 Å². The Morgan fingerprint density at radius 3 is 0.818 bits per heavy atom. The summed E-state index contributed by atoms with van der Waals surface area (Å²) in [6, 6.07) is 0. The van der Waals surface area contributed by atoms with Gasteiger partial charge in [0.2, 0.25) is 0 Å². The zero-order chi connectivity index (χ0) is 55.7. The largest absolute Gasteiger partial charge is 0.462 e. The maximum Gasteiger partial charge on any atom is 0.306 e. The zero-order valence-electron chi connectivity index (χ0n) is 51.2. The first-order valence-electron chi connectivity index (χ1n) is 33.4. The first kappa shape index (κ1) is 73.8. The van der Waals surface area contributed by atoms with Crippen molar-refractivity contribution < 1.29 is 28.6 Å². The zero-order valence-corrected chi connectivity index (χ0v) is 51.2. The van der Waals surface area contributed by atoms with E-state index in [1.165, 1.54) is 199 Å². The Morgan fingerprint density at radius 1 is 0.273 bits per heavy atom. The van der Waals surface area contributed by atoms with Crippen molar-refractivity contribution >= 4 is 17.9 Å². The number of ether oxygens (including phenoxy) is 3. The van der Waals surface area contributed by atoms with Crippen molar-refractivity contribution in [2.45, 2.75) is 348 Å². The van der Waals surface area contributed by atoms with Gasteiger partial charge in [0.1, 0.15) is 13.2 Å². The fourth-order valence-electron chi connectivity index (χ4n) is 9.66. The van der Waals surface area contributed by atoms with Crippen LogP contribution in [0.3, 0.4) is 0 Å². The Morgan fingerprint density at radius 2 is 0.506 bits per heavy atom. The second-order valence-electron chi connectivity index (χ2n) is 22.3. The van der Waals surface area contributed by atoms with Crippen molar-refractivity contribution in [3.63, 3.8) is 0 Å². The summed E-state index contributed by atoms with van der Waals surface area (Å²) in [4.78, 5) is 38.3. The second kappa shape index (κ2) is 65.4. The molecule has 77 heavy (non-hydrogen) atoms. The fourth-order valence-corrected chi connectivity index (χ4v) is 9.66. The number of carbonyl (C=O) groups excluding carboxylic acids is 3. The second-order valence-corrected chi connectivity index (χ2v) is 22.3. The summed E-state index contributed by atoms with van der Waals surface area (Å²) >= 11 is 0. The summed E-state index contributed by atoms with van der Waals surface area (Å²) in [5.74, 6) is -0.889. The molecular weight excluding hydrogens is 949 g/mol. The molecule has 0 fully saturated rings. The molecule has 0 aromatic heterocycles. The maximum absolute atomic E-state index is 12.9. The molecule has 0 N–H and O–H groups in total. The minimum Gasteiger partial charge on any atom is -0.462 e. The molecule has 0 radical (unpaired) electrons. The van der Waals surface area contributed by atoms with Gasteiger partial charge in [0.15, 0.2) is 6.10 Å². The lowest BCUT2D eigenvalue weighted by Crippen LogP contribution is -2.30. The van der Waals surface area contributed by atoms with Gasteiger partial charge in [-0.2, -0.15) is 0 Å². The molecule has 0 aromatic carbocycles. The van der Waals surface area contributed by atoms with Crippen LogP contribution in [0.5, 0.6) is 0 Å². The number of hydrogen-bond acceptors (Lipinski definition) is 6. The van der Waals surface area contributed by atoms with E-state index >= 15 is 0 Å². The van der Waals surface area contributed by atoms with Crippen molar-refractivity contribution in [1.82, 2.24) is 0 Å². The molecule has 0 saturated heterocycles. The van der Waals surface area contributed by atoms with Gasteiger partial charge in [-0.1, -0.05) is 286 Å². The third-order valence-electron chi connectivity index (χ3n) is 14.7. The van der Waals surface area contributed by atoms with Crippen LogP contribution in [0.1, 0.15) is 342 Å². The Balaban J connectivity index is 4.26. The summed E-state index contributed by atoms with van der Waals surface area (Å²) < 4.78 is 16.9. The fraction of sp³-hybridized carbons (Fsp3) is 0.789. The van der Waals surface area contributed by atoms with Gasteiger partial charge in [0.05, 0.1) is 0 Å². The summed E-state index contributed by atoms with van der Waals surface area (Å²) in [5, 5.41) is 0. The Kier molecular flexibility index (Phi) is 62.7. The summed E-state index contributed by atoms with van der Waals surface area (Å²) in [6.45, 7) is 6.53. The molecule has 0 aliphatic carbocycles. The maximum atomic E-state index is 12.9. The summed E-state index contributed by atoms with van der Waals surface area (Å²) in [6.07, 6.45) is 84.9. The Labute approximate surface area is 478 Å². The van der Waals surface area contributed by atoms with Crippen LogP contribution in [0.15, 0.2) is 72.9 Å². The van der Waals surface area contributed by atoms with Crippen LogP contribution >= 0.6 is 0 Å². The highest BCUT2D eigenvalue weighted by Gasteiger charge is 2.19. The van der Waals surface area contributed by atoms with Gasteiger partial charge in [-0.15, -0.1) is 0 Å². The van der Waals surface area contributed by atoms with E-state index in [0.717, 1.165) is 103 Å². The molecule has 1 atom stereocenters. The summed E-state index contributed by atoms with van der Waals surface area (Å²) in [7, 11) is 0. The third-order valence-corrected chi connectivity index (χ3v) is 14.7. The van der Waals surface area contributed by atoms with Crippen LogP contribution in [0.25, 0.3) is 0 Å². The van der Waals surface area contributed by atoms with Crippen molar-refractivity contribution in [3.8, 4) is 0 Å². The van der Waals surface area contributed by atoms with E-state index in [2.05, 4.69) is 93.7 Å². The summed E-state index contributed by atoms with van der Waals surface area (Å²) in [5.41, 5.74) is 0. The molecule has 6 heteroatoms. The van der Waals surface area contributed by atoms with E-state index in [-0.39, 0.29) is 31.1 Å². The molecule has 1 unspecified atom stereocenters. The monoisotopic (exact) mass is 1070 g/mol. The SMILES string of the molecule is CC/C=C\C/C=C\C/C=C\C/C=C\CCCCCCCCC(=O)OC(COC(=O)CCCCCCC/C=C\CCCCCC)COC(=O)CCCCCCCCCCCCCCCCC/C=C\CCCCCCCCCC. The smallest absolute Gasteiger partial charge is 0.306 e. The highest BCUT2D eigenvalue weighted by atomic mass is 16.6. The van der Waals surface area contributed by atoms with Crippen LogP contribution < -0.4 is 0 Å². The average Bonchev–Trinajstić information content (AvgIpc) is 3.43. The predicted molar refractivity (Wildman–Crippen MR) is 335 cm³/mol. The molecule has 0 amide bonds. The van der Waals surface area contributed by atoms with Gasteiger partial charge in [-0.3, -0.25) is 14.4 Å². The third kappa shape index (κ3) is 63.6. The Hall–Kier alpha value is -3.15. The number of allylic oxidation sites excluding steroid dienone is 12. The lowest BCUT2D eigenvalue weighted by atomic mass is 10.0. The molecular formula is C71H126O6. The minimum absolute atomic E-state index is 0.0817. The molecule has 0 aliphatic heterocycles. The first-order chi connectivity index (χ1) is 38.0. The number of carbonyl (C=O) groups is 3. The molecule has 0 spiro atoms. The van der Waals surface area contributed by atoms with Gasteiger partial charge in [0.25, 0.3) is 0 Å². The first-order valence-corrected chi connectivity index (χ1v) is 33.4. The Bertz CT molecular complexity index is 1420. The average molecular weight is 1080 g/mol. The van der Waals surface area contributed by atoms with Crippen molar-refractivity contribution in [3.05, 3.63) is 72.9 Å². The lowest BCUT2D eigenvalue weighted by Gasteiger charge is -2.18. The van der Waals surface area contributed by atoms with E-state index in [0.29, 0.717) is 19.3 Å². The highest BCUT2D eigenvalue weighted by molar-refractivity contribution is 5.71. The van der Waals surface area contributed by atoms with Gasteiger partial charge >= 0.3 is 17.9 Å². The number of hydrogen-bond donors (Lipinski definition) is 0. The molecule has 0 rings (SSSR count). The molecule has 0 aliphatic rings. The molecule has 0 aromatic rings. The number of unbranched alkanes of at least 4 members (excludes halogenated alkanes) is 38. The molecule has 0 saturated carbocycles. The highest BCUT2D eigenvalue weighted by Crippen LogP contribution is 2.17. The standard InChI is InChI=1S/C71H126O6/c1-4-7-10-13-16-19-22-25-27-29-31-32-33-34-35-36-37-38-40-41-43-46-49-52-55-58-61-64-70(73)76-67-68(66-75-69(72)63-60-57-54-51-48-45-24-21-18-15-12-9-6-3)77-71(74)65-62-59-56-53-50-47-44-42-39-30-28-26-23-20-17-14-11-8-5-2/h8,11,17,20-21,24,26,28-29,31,39,42,68H,4-7,9-10,12-16,18-19,22-23,25,27,30,32-38,40-41,43-67H2,1-3H3/b11-8-,20-17-,24-21-,28-26-,31-29-,42-39-. The van der Waals surface area contributed by atoms with Gasteiger partial charge in [-0.05, 0) is 109 Å². The minimum atomic E-state index is -0.787. The predicted octanol–water partition coefficient (Wildman–Crippen LogP) is 22.9. The number of rotatable bonds is 61. The normalized spacial score (nSPS) is 12.5. The quantitative estimate of drug-likeness (QED) is 0.0261. The van der Waals surface area contributed by atoms with Crippen molar-refractivity contribution in [2.24, 2.45) is 0 Å². The van der Waals surface area contributed by atoms with Crippen LogP contribution in [0.4, 0.5) is 0 Å². The molecule has 0 heterocycles. The van der Waals surface area contributed by atoms with Crippen LogP contribution in [0.2, 0.25) is 0 Å².